The van der Waals surface area contributed by atoms with Gasteiger partial charge in [-0.15, -0.1) is 0 Å². The van der Waals surface area contributed by atoms with Gasteiger partial charge in [0.2, 0.25) is 15.9 Å². The number of carbonyl (C=O) groups is 1. The van der Waals surface area contributed by atoms with Gasteiger partial charge >= 0.3 is 0 Å². The summed E-state index contributed by atoms with van der Waals surface area (Å²) in [4.78, 5) is 15.0. The van der Waals surface area contributed by atoms with Crippen LogP contribution in [0.1, 0.15) is 25.3 Å². The summed E-state index contributed by atoms with van der Waals surface area (Å²) in [5.41, 5.74) is 1.03. The topological polar surface area (TPSA) is 82.3 Å². The second kappa shape index (κ2) is 6.41. The number of nitrogens with zero attached hydrogens (tertiary/aromatic N) is 1. The molecule has 0 radical (unpaired) electrons. The molecule has 2 rings (SSSR count). The number of piperidine rings is 1. The lowest BCUT2D eigenvalue weighted by molar-refractivity contribution is -0.126. The predicted octanol–water partition coefficient (Wildman–Crippen LogP) is 0.693. The average Bonchev–Trinajstić information content (AvgIpc) is 2.98. The predicted molar refractivity (Wildman–Crippen MR) is 76.4 cm³/mol. The van der Waals surface area contributed by atoms with Crippen molar-refractivity contribution in [1.82, 2.24) is 14.6 Å². The van der Waals surface area contributed by atoms with Gasteiger partial charge in [-0.2, -0.15) is 0 Å². The van der Waals surface area contributed by atoms with E-state index in [0.717, 1.165) is 5.56 Å². The first-order valence-corrected chi connectivity index (χ1v) is 8.51. The van der Waals surface area contributed by atoms with Gasteiger partial charge in [-0.1, -0.05) is 0 Å². The lowest BCUT2D eigenvalue weighted by Crippen LogP contribution is -2.43. The standard InChI is InChI=1S/C13H21N3O3S/c1-2-20(18,19)16-7-4-12(5-8-16)13(17)15-10-11-3-6-14-9-11/h3,6,9,12,14H,2,4-5,7-8,10H2,1H3,(H,15,17). The average molecular weight is 299 g/mol. The van der Waals surface area contributed by atoms with Crippen molar-refractivity contribution in [3.8, 4) is 0 Å². The second-order valence-electron chi connectivity index (χ2n) is 5.01. The molecule has 0 unspecified atom stereocenters. The van der Waals surface area contributed by atoms with E-state index in [1.165, 1.54) is 4.31 Å². The Kier molecular flexibility index (Phi) is 4.82. The molecule has 0 bridgehead atoms. The molecule has 112 valence electrons. The van der Waals surface area contributed by atoms with Crippen molar-refractivity contribution in [2.45, 2.75) is 26.3 Å². The van der Waals surface area contributed by atoms with Gasteiger partial charge in [-0.3, -0.25) is 4.79 Å². The van der Waals surface area contributed by atoms with Crippen LogP contribution in [-0.4, -0.2) is 42.5 Å². The maximum Gasteiger partial charge on any atom is 0.223 e. The van der Waals surface area contributed by atoms with Gasteiger partial charge in [0, 0.05) is 37.9 Å². The summed E-state index contributed by atoms with van der Waals surface area (Å²) < 4.78 is 25.0. The number of H-pyrrole nitrogens is 1. The number of carbonyl (C=O) groups excluding carboxylic acids is 1. The van der Waals surface area contributed by atoms with Gasteiger partial charge in [-0.05, 0) is 31.4 Å². The number of aromatic nitrogens is 1. The third kappa shape index (κ3) is 3.61. The number of hydrogen-bond acceptors (Lipinski definition) is 3. The van der Waals surface area contributed by atoms with Gasteiger partial charge in [-0.25, -0.2) is 12.7 Å². The number of nitrogens with one attached hydrogen (secondary N) is 2. The maximum atomic E-state index is 12.0. The normalized spacial score (nSPS) is 18.1. The van der Waals surface area contributed by atoms with Gasteiger partial charge in [0.05, 0.1) is 5.75 Å². The molecule has 0 aliphatic carbocycles. The highest BCUT2D eigenvalue weighted by Crippen LogP contribution is 2.20. The molecule has 0 atom stereocenters. The highest BCUT2D eigenvalue weighted by atomic mass is 32.2. The number of amides is 1. The molecule has 1 aromatic heterocycles. The summed E-state index contributed by atoms with van der Waals surface area (Å²) in [5, 5.41) is 2.90. The minimum atomic E-state index is -3.12. The van der Waals surface area contributed by atoms with Crippen LogP contribution in [0.5, 0.6) is 0 Å². The van der Waals surface area contributed by atoms with Crippen LogP contribution in [0, 0.1) is 5.92 Å². The molecular weight excluding hydrogens is 278 g/mol. The third-order valence-electron chi connectivity index (χ3n) is 3.71. The van der Waals surface area contributed by atoms with E-state index in [-0.39, 0.29) is 17.6 Å². The fraction of sp³-hybridized carbons (Fsp3) is 0.615. The van der Waals surface area contributed by atoms with Crippen LogP contribution in [-0.2, 0) is 21.4 Å². The molecular formula is C13H21N3O3S. The Morgan fingerprint density at radius 1 is 1.45 bits per heavy atom. The van der Waals surface area contributed by atoms with E-state index in [4.69, 9.17) is 0 Å². The van der Waals surface area contributed by atoms with Crippen molar-refractivity contribution in [2.24, 2.45) is 5.92 Å². The first kappa shape index (κ1) is 15.1. The molecule has 1 aliphatic heterocycles. The molecule has 1 saturated heterocycles. The van der Waals surface area contributed by atoms with Gasteiger partial charge in [0.15, 0.2) is 0 Å². The molecule has 7 heteroatoms. The Labute approximate surface area is 119 Å². The highest BCUT2D eigenvalue weighted by molar-refractivity contribution is 7.89. The molecule has 0 spiro atoms. The molecule has 2 heterocycles. The van der Waals surface area contributed by atoms with Crippen molar-refractivity contribution < 1.29 is 13.2 Å². The van der Waals surface area contributed by atoms with E-state index >= 15 is 0 Å². The van der Waals surface area contributed by atoms with Crippen LogP contribution in [0.4, 0.5) is 0 Å². The van der Waals surface area contributed by atoms with Crippen LogP contribution in [0.25, 0.3) is 0 Å². The minimum Gasteiger partial charge on any atom is -0.367 e. The van der Waals surface area contributed by atoms with Gasteiger partial charge in [0.1, 0.15) is 0 Å². The maximum absolute atomic E-state index is 12.0. The number of aromatic amines is 1. The van der Waals surface area contributed by atoms with Crippen LogP contribution >= 0.6 is 0 Å². The van der Waals surface area contributed by atoms with Crippen LogP contribution in [0.3, 0.4) is 0 Å². The smallest absolute Gasteiger partial charge is 0.223 e. The van der Waals surface area contributed by atoms with E-state index in [1.54, 1.807) is 6.92 Å². The summed E-state index contributed by atoms with van der Waals surface area (Å²) in [6.45, 7) is 3.04. The minimum absolute atomic E-state index is 0.0137. The van der Waals surface area contributed by atoms with Crippen molar-refractivity contribution >= 4 is 15.9 Å². The Morgan fingerprint density at radius 2 is 2.15 bits per heavy atom. The van der Waals surface area contributed by atoms with Crippen LogP contribution in [0.15, 0.2) is 18.5 Å². The van der Waals surface area contributed by atoms with E-state index < -0.39 is 10.0 Å². The lowest BCUT2D eigenvalue weighted by Gasteiger charge is -2.30. The van der Waals surface area contributed by atoms with E-state index in [9.17, 15) is 13.2 Å². The molecule has 2 N–H and O–H groups in total. The van der Waals surface area contributed by atoms with Gasteiger partial charge < -0.3 is 10.3 Å². The zero-order valence-electron chi connectivity index (χ0n) is 11.6. The largest absolute Gasteiger partial charge is 0.367 e. The summed E-state index contributed by atoms with van der Waals surface area (Å²) >= 11 is 0. The van der Waals surface area contributed by atoms with Crippen molar-refractivity contribution in [1.29, 1.82) is 0 Å². The first-order chi connectivity index (χ1) is 9.53. The second-order valence-corrected chi connectivity index (χ2v) is 7.27. The Bertz CT molecular complexity index is 531. The fourth-order valence-electron chi connectivity index (χ4n) is 2.38. The van der Waals surface area contributed by atoms with Crippen LogP contribution in [0.2, 0.25) is 0 Å². The molecule has 20 heavy (non-hydrogen) atoms. The molecule has 1 amide bonds. The molecule has 1 fully saturated rings. The molecule has 0 saturated carbocycles. The molecule has 1 aromatic rings. The first-order valence-electron chi connectivity index (χ1n) is 6.90. The lowest BCUT2D eigenvalue weighted by atomic mass is 9.97. The quantitative estimate of drug-likeness (QED) is 0.839. The molecule has 1 aliphatic rings. The SMILES string of the molecule is CCS(=O)(=O)N1CCC(C(=O)NCc2cc[nH]c2)CC1. The third-order valence-corrected chi connectivity index (χ3v) is 5.59. The number of hydrogen-bond donors (Lipinski definition) is 2. The van der Waals surface area contributed by atoms with Crippen LogP contribution < -0.4 is 5.32 Å². The molecule has 0 aromatic carbocycles. The van der Waals surface area contributed by atoms with E-state index in [2.05, 4.69) is 10.3 Å². The zero-order chi connectivity index (χ0) is 14.6. The highest BCUT2D eigenvalue weighted by Gasteiger charge is 2.29. The fourth-order valence-corrected chi connectivity index (χ4v) is 3.51. The van der Waals surface area contributed by atoms with Crippen molar-refractivity contribution in [2.75, 3.05) is 18.8 Å². The monoisotopic (exact) mass is 299 g/mol. The summed E-state index contributed by atoms with van der Waals surface area (Å²) in [6.07, 6.45) is 4.85. The Hall–Kier alpha value is -1.34. The molecule has 6 nitrogen and oxygen atoms in total. The number of sulfonamides is 1. The van der Waals surface area contributed by atoms with Crippen molar-refractivity contribution in [3.05, 3.63) is 24.0 Å². The number of rotatable bonds is 5. The summed E-state index contributed by atoms with van der Waals surface area (Å²) in [5.74, 6) is 0.0501. The van der Waals surface area contributed by atoms with E-state index in [1.807, 2.05) is 18.5 Å². The summed E-state index contributed by atoms with van der Waals surface area (Å²) in [7, 11) is -3.12. The Balaban J connectivity index is 1.80. The van der Waals surface area contributed by atoms with E-state index in [0.29, 0.717) is 32.5 Å². The Morgan fingerprint density at radius 3 is 2.70 bits per heavy atom. The van der Waals surface area contributed by atoms with Crippen molar-refractivity contribution in [3.63, 3.8) is 0 Å². The van der Waals surface area contributed by atoms with Gasteiger partial charge in [0.25, 0.3) is 0 Å². The summed E-state index contributed by atoms with van der Waals surface area (Å²) in [6, 6.07) is 1.91. The zero-order valence-corrected chi connectivity index (χ0v) is 12.4.